The van der Waals surface area contributed by atoms with Crippen LogP contribution in [0.1, 0.15) is 5.76 Å². The number of aromatic hydroxyl groups is 1. The third-order valence-electron chi connectivity index (χ3n) is 3.14. The SMILES string of the molecule is Oc1ccc(NCc2ccc(-c3cc(Cl)cc(Cl)c3)o2)cc1. The lowest BCUT2D eigenvalue weighted by Crippen LogP contribution is -1.97. The average Bonchev–Trinajstić information content (AvgIpc) is 2.95. The van der Waals surface area contributed by atoms with Crippen molar-refractivity contribution in [2.45, 2.75) is 6.54 Å². The van der Waals surface area contributed by atoms with Crippen LogP contribution in [-0.4, -0.2) is 5.11 Å². The quantitative estimate of drug-likeness (QED) is 0.613. The molecule has 22 heavy (non-hydrogen) atoms. The summed E-state index contributed by atoms with van der Waals surface area (Å²) >= 11 is 12.0. The molecule has 0 atom stereocenters. The summed E-state index contributed by atoms with van der Waals surface area (Å²) < 4.78 is 5.80. The van der Waals surface area contributed by atoms with Crippen LogP contribution in [-0.2, 0) is 6.54 Å². The zero-order valence-electron chi connectivity index (χ0n) is 11.5. The molecule has 0 fully saturated rings. The Hall–Kier alpha value is -2.10. The van der Waals surface area contributed by atoms with Gasteiger partial charge in [0, 0.05) is 21.3 Å². The van der Waals surface area contributed by atoms with Gasteiger partial charge in [-0.05, 0) is 54.6 Å². The Morgan fingerprint density at radius 1 is 0.909 bits per heavy atom. The van der Waals surface area contributed by atoms with Crippen LogP contribution in [0.4, 0.5) is 5.69 Å². The normalized spacial score (nSPS) is 10.6. The first kappa shape index (κ1) is 14.8. The molecule has 1 heterocycles. The maximum atomic E-state index is 9.25. The molecule has 2 N–H and O–H groups in total. The molecule has 2 aromatic carbocycles. The molecule has 0 saturated carbocycles. The minimum absolute atomic E-state index is 0.240. The Bertz CT molecular complexity index is 761. The third kappa shape index (κ3) is 3.56. The standard InChI is InChI=1S/C17H13Cl2NO2/c18-12-7-11(8-13(19)9-12)17-6-5-16(22-17)10-20-14-1-3-15(21)4-2-14/h1-9,20-21H,10H2. The topological polar surface area (TPSA) is 45.4 Å². The van der Waals surface area contributed by atoms with Crippen molar-refractivity contribution in [3.05, 3.63) is 70.4 Å². The van der Waals surface area contributed by atoms with Crippen LogP contribution in [0.2, 0.25) is 10.0 Å². The minimum Gasteiger partial charge on any atom is -0.508 e. The van der Waals surface area contributed by atoms with Gasteiger partial charge < -0.3 is 14.8 Å². The van der Waals surface area contributed by atoms with Crippen molar-refractivity contribution in [3.8, 4) is 17.1 Å². The molecule has 3 rings (SSSR count). The number of furan rings is 1. The van der Waals surface area contributed by atoms with E-state index in [0.29, 0.717) is 22.4 Å². The van der Waals surface area contributed by atoms with Crippen LogP contribution in [0.25, 0.3) is 11.3 Å². The van der Waals surface area contributed by atoms with E-state index < -0.39 is 0 Å². The lowest BCUT2D eigenvalue weighted by atomic mass is 10.2. The summed E-state index contributed by atoms with van der Waals surface area (Å²) in [4.78, 5) is 0. The molecule has 0 unspecified atom stereocenters. The number of hydrogen-bond acceptors (Lipinski definition) is 3. The first-order chi connectivity index (χ1) is 10.6. The van der Waals surface area contributed by atoms with Gasteiger partial charge in [0.05, 0.1) is 6.54 Å². The summed E-state index contributed by atoms with van der Waals surface area (Å²) in [7, 11) is 0. The third-order valence-corrected chi connectivity index (χ3v) is 3.58. The number of halogens is 2. The van der Waals surface area contributed by atoms with E-state index in [4.69, 9.17) is 27.6 Å². The van der Waals surface area contributed by atoms with Gasteiger partial charge in [0.2, 0.25) is 0 Å². The molecule has 1 aromatic heterocycles. The molecule has 3 nitrogen and oxygen atoms in total. The van der Waals surface area contributed by atoms with Crippen molar-refractivity contribution in [3.63, 3.8) is 0 Å². The minimum atomic E-state index is 0.240. The average molecular weight is 334 g/mol. The summed E-state index contributed by atoms with van der Waals surface area (Å²) in [6, 6.07) is 15.9. The first-order valence-electron chi connectivity index (χ1n) is 6.68. The molecule has 0 radical (unpaired) electrons. The summed E-state index contributed by atoms with van der Waals surface area (Å²) in [5.74, 6) is 1.75. The monoisotopic (exact) mass is 333 g/mol. The van der Waals surface area contributed by atoms with Crippen molar-refractivity contribution >= 4 is 28.9 Å². The number of anilines is 1. The molecule has 0 aliphatic carbocycles. The highest BCUT2D eigenvalue weighted by molar-refractivity contribution is 6.35. The van der Waals surface area contributed by atoms with E-state index in [0.717, 1.165) is 17.0 Å². The Balaban J connectivity index is 1.72. The predicted molar refractivity (Wildman–Crippen MR) is 89.6 cm³/mol. The number of nitrogens with one attached hydrogen (secondary N) is 1. The summed E-state index contributed by atoms with van der Waals surface area (Å²) in [5.41, 5.74) is 1.75. The lowest BCUT2D eigenvalue weighted by Gasteiger charge is -2.04. The number of benzene rings is 2. The summed E-state index contributed by atoms with van der Waals surface area (Å²) in [5, 5.41) is 13.6. The van der Waals surface area contributed by atoms with E-state index in [2.05, 4.69) is 5.32 Å². The van der Waals surface area contributed by atoms with Crippen molar-refractivity contribution in [1.82, 2.24) is 0 Å². The molecule has 0 bridgehead atoms. The van der Waals surface area contributed by atoms with Gasteiger partial charge in [0.25, 0.3) is 0 Å². The Morgan fingerprint density at radius 3 is 2.27 bits per heavy atom. The smallest absolute Gasteiger partial charge is 0.134 e. The number of hydrogen-bond donors (Lipinski definition) is 2. The largest absolute Gasteiger partial charge is 0.508 e. The van der Waals surface area contributed by atoms with Gasteiger partial charge in [0.15, 0.2) is 0 Å². The molecule has 0 spiro atoms. The van der Waals surface area contributed by atoms with Gasteiger partial charge >= 0.3 is 0 Å². The highest BCUT2D eigenvalue weighted by Gasteiger charge is 2.07. The highest BCUT2D eigenvalue weighted by Crippen LogP contribution is 2.28. The molecule has 5 heteroatoms. The van der Waals surface area contributed by atoms with Gasteiger partial charge in [-0.15, -0.1) is 0 Å². The zero-order valence-corrected chi connectivity index (χ0v) is 13.0. The van der Waals surface area contributed by atoms with Gasteiger partial charge in [-0.3, -0.25) is 0 Å². The van der Waals surface area contributed by atoms with Crippen LogP contribution in [0.5, 0.6) is 5.75 Å². The molecule has 0 aliphatic rings. The fourth-order valence-corrected chi connectivity index (χ4v) is 2.62. The van der Waals surface area contributed by atoms with E-state index in [1.54, 1.807) is 30.3 Å². The van der Waals surface area contributed by atoms with E-state index in [1.165, 1.54) is 0 Å². The maximum Gasteiger partial charge on any atom is 0.134 e. The summed E-state index contributed by atoms with van der Waals surface area (Å²) in [6.07, 6.45) is 0. The van der Waals surface area contributed by atoms with Crippen molar-refractivity contribution < 1.29 is 9.52 Å². The molecule has 0 amide bonds. The fraction of sp³-hybridized carbons (Fsp3) is 0.0588. The molecular weight excluding hydrogens is 321 g/mol. The van der Waals surface area contributed by atoms with Crippen molar-refractivity contribution in [2.75, 3.05) is 5.32 Å². The van der Waals surface area contributed by atoms with Crippen LogP contribution < -0.4 is 5.32 Å². The van der Waals surface area contributed by atoms with Crippen LogP contribution >= 0.6 is 23.2 Å². The van der Waals surface area contributed by atoms with Gasteiger partial charge in [-0.25, -0.2) is 0 Å². The van der Waals surface area contributed by atoms with Crippen molar-refractivity contribution in [2.24, 2.45) is 0 Å². The van der Waals surface area contributed by atoms with E-state index in [1.807, 2.05) is 24.3 Å². The van der Waals surface area contributed by atoms with E-state index in [-0.39, 0.29) is 5.75 Å². The molecular formula is C17H13Cl2NO2. The van der Waals surface area contributed by atoms with Crippen LogP contribution in [0.15, 0.2) is 59.0 Å². The van der Waals surface area contributed by atoms with Crippen LogP contribution in [0, 0.1) is 0 Å². The molecule has 0 saturated heterocycles. The molecule has 0 aliphatic heterocycles. The zero-order chi connectivity index (χ0) is 15.5. The Labute approximate surface area is 138 Å². The van der Waals surface area contributed by atoms with Gasteiger partial charge in [-0.2, -0.15) is 0 Å². The fourth-order valence-electron chi connectivity index (χ4n) is 2.09. The Kier molecular flexibility index (Phi) is 4.27. The van der Waals surface area contributed by atoms with E-state index >= 15 is 0 Å². The van der Waals surface area contributed by atoms with Gasteiger partial charge in [-0.1, -0.05) is 23.2 Å². The second kappa shape index (κ2) is 6.34. The molecule has 3 aromatic rings. The van der Waals surface area contributed by atoms with E-state index in [9.17, 15) is 5.11 Å². The number of phenols is 1. The van der Waals surface area contributed by atoms with Crippen LogP contribution in [0.3, 0.4) is 0 Å². The summed E-state index contributed by atoms with van der Waals surface area (Å²) in [6.45, 7) is 0.541. The highest BCUT2D eigenvalue weighted by atomic mass is 35.5. The maximum absolute atomic E-state index is 9.25. The first-order valence-corrected chi connectivity index (χ1v) is 7.44. The lowest BCUT2D eigenvalue weighted by molar-refractivity contribution is 0.475. The Morgan fingerprint density at radius 2 is 1.59 bits per heavy atom. The van der Waals surface area contributed by atoms with Crippen molar-refractivity contribution in [1.29, 1.82) is 0 Å². The second-order valence-electron chi connectivity index (χ2n) is 4.82. The number of rotatable bonds is 4. The number of phenolic OH excluding ortho intramolecular Hbond substituents is 1. The van der Waals surface area contributed by atoms with Gasteiger partial charge in [0.1, 0.15) is 17.3 Å². The predicted octanol–water partition coefficient (Wildman–Crippen LogP) is 5.57. The molecule has 112 valence electrons. The second-order valence-corrected chi connectivity index (χ2v) is 5.70.